The van der Waals surface area contributed by atoms with Gasteiger partial charge in [0.15, 0.2) is 0 Å². The van der Waals surface area contributed by atoms with E-state index in [0.29, 0.717) is 0 Å². The smallest absolute Gasteiger partial charge is 0.0641 e. The van der Waals surface area contributed by atoms with E-state index in [1.807, 2.05) is 0 Å². The van der Waals surface area contributed by atoms with Gasteiger partial charge in [-0.05, 0) is 42.8 Å². The number of aromatic amines is 1. The summed E-state index contributed by atoms with van der Waals surface area (Å²) in [6.45, 7) is 2.16. The number of nitrogens with zero attached hydrogens (tertiary/aromatic N) is 1. The zero-order valence-corrected chi connectivity index (χ0v) is 15.0. The van der Waals surface area contributed by atoms with Crippen molar-refractivity contribution < 1.29 is 0 Å². The average Bonchev–Trinajstić information content (AvgIpc) is 3.23. The van der Waals surface area contributed by atoms with Crippen molar-refractivity contribution in [3.8, 4) is 5.69 Å². The van der Waals surface area contributed by atoms with Gasteiger partial charge in [0.05, 0.1) is 11.0 Å². The molecule has 0 amide bonds. The van der Waals surface area contributed by atoms with Crippen LogP contribution in [0.5, 0.6) is 0 Å². The number of aryl methyl sites for hydroxylation is 1. The van der Waals surface area contributed by atoms with Gasteiger partial charge < -0.3 is 9.55 Å². The van der Waals surface area contributed by atoms with Gasteiger partial charge in [-0.25, -0.2) is 0 Å². The van der Waals surface area contributed by atoms with Crippen LogP contribution in [0, 0.1) is 6.92 Å². The first kappa shape index (κ1) is 14.6. The Bertz CT molecular complexity index is 1470. The second kappa shape index (κ2) is 5.24. The van der Waals surface area contributed by atoms with Gasteiger partial charge in [-0.3, -0.25) is 0 Å². The highest BCUT2D eigenvalue weighted by atomic mass is 15.0. The van der Waals surface area contributed by atoms with Crippen LogP contribution >= 0.6 is 0 Å². The van der Waals surface area contributed by atoms with Gasteiger partial charge in [0, 0.05) is 38.3 Å². The summed E-state index contributed by atoms with van der Waals surface area (Å²) in [5.74, 6) is 0. The van der Waals surface area contributed by atoms with E-state index in [1.54, 1.807) is 0 Å². The molecule has 0 unspecified atom stereocenters. The molecular weight excluding hydrogens is 328 g/mol. The van der Waals surface area contributed by atoms with Crippen LogP contribution in [-0.4, -0.2) is 9.55 Å². The normalized spacial score (nSPS) is 11.9. The molecule has 128 valence electrons. The number of rotatable bonds is 1. The molecule has 0 aliphatic rings. The Morgan fingerprint density at radius 2 is 1.44 bits per heavy atom. The minimum absolute atomic E-state index is 1.18. The molecule has 2 heteroatoms. The van der Waals surface area contributed by atoms with E-state index in [2.05, 4.69) is 101 Å². The number of hydrogen-bond acceptors (Lipinski definition) is 0. The molecule has 0 aliphatic heterocycles. The molecule has 2 nitrogen and oxygen atoms in total. The van der Waals surface area contributed by atoms with E-state index in [0.717, 1.165) is 0 Å². The van der Waals surface area contributed by atoms with Crippen LogP contribution in [0.25, 0.3) is 49.3 Å². The molecule has 0 saturated carbocycles. The summed E-state index contributed by atoms with van der Waals surface area (Å²) in [6.07, 6.45) is 0. The summed E-state index contributed by atoms with van der Waals surface area (Å²) in [4.78, 5) is 3.59. The third kappa shape index (κ3) is 1.95. The molecule has 0 aliphatic carbocycles. The predicted octanol–water partition coefficient (Wildman–Crippen LogP) is 6.73. The van der Waals surface area contributed by atoms with Crippen LogP contribution in [0.2, 0.25) is 0 Å². The van der Waals surface area contributed by atoms with Gasteiger partial charge in [0.25, 0.3) is 0 Å². The Morgan fingerprint density at radius 1 is 0.667 bits per heavy atom. The van der Waals surface area contributed by atoms with Crippen LogP contribution in [0.4, 0.5) is 0 Å². The lowest BCUT2D eigenvalue weighted by Crippen LogP contribution is -1.93. The van der Waals surface area contributed by atoms with Crippen molar-refractivity contribution in [3.63, 3.8) is 0 Å². The van der Waals surface area contributed by atoms with Crippen LogP contribution in [0.3, 0.4) is 0 Å². The highest BCUT2D eigenvalue weighted by molar-refractivity contribution is 6.25. The zero-order valence-electron chi connectivity index (χ0n) is 15.0. The number of H-pyrrole nitrogens is 1. The third-order valence-electron chi connectivity index (χ3n) is 5.57. The van der Waals surface area contributed by atoms with E-state index < -0.39 is 0 Å². The highest BCUT2D eigenvalue weighted by Crippen LogP contribution is 2.39. The van der Waals surface area contributed by atoms with Crippen molar-refractivity contribution in [2.75, 3.05) is 0 Å². The van der Waals surface area contributed by atoms with Crippen molar-refractivity contribution in [2.45, 2.75) is 6.92 Å². The van der Waals surface area contributed by atoms with Crippen molar-refractivity contribution in [1.29, 1.82) is 0 Å². The minimum Gasteiger partial charge on any atom is -0.354 e. The molecule has 4 aromatic carbocycles. The molecule has 2 heterocycles. The summed E-state index contributed by atoms with van der Waals surface area (Å²) in [5, 5.41) is 5.16. The fourth-order valence-electron chi connectivity index (χ4n) is 4.39. The molecule has 0 fully saturated rings. The van der Waals surface area contributed by atoms with Crippen molar-refractivity contribution in [2.24, 2.45) is 0 Å². The average molecular weight is 346 g/mol. The molecule has 1 N–H and O–H groups in total. The predicted molar refractivity (Wildman–Crippen MR) is 115 cm³/mol. The molecule has 2 aromatic heterocycles. The van der Waals surface area contributed by atoms with Gasteiger partial charge in [-0.1, -0.05) is 54.6 Å². The Kier molecular flexibility index (Phi) is 2.84. The van der Waals surface area contributed by atoms with Crippen LogP contribution in [-0.2, 0) is 0 Å². The lowest BCUT2D eigenvalue weighted by molar-refractivity contribution is 1.18. The zero-order chi connectivity index (χ0) is 18.0. The first-order valence-electron chi connectivity index (χ1n) is 9.31. The van der Waals surface area contributed by atoms with E-state index in [4.69, 9.17) is 0 Å². The summed E-state index contributed by atoms with van der Waals surface area (Å²) < 4.78 is 2.42. The second-order valence-electron chi connectivity index (χ2n) is 7.25. The third-order valence-corrected chi connectivity index (χ3v) is 5.57. The van der Waals surface area contributed by atoms with E-state index in [1.165, 1.54) is 54.9 Å². The topological polar surface area (TPSA) is 20.7 Å². The first-order valence-corrected chi connectivity index (χ1v) is 9.31. The van der Waals surface area contributed by atoms with E-state index in [9.17, 15) is 0 Å². The largest absolute Gasteiger partial charge is 0.354 e. The minimum atomic E-state index is 1.18. The van der Waals surface area contributed by atoms with Gasteiger partial charge in [-0.2, -0.15) is 0 Å². The van der Waals surface area contributed by atoms with Gasteiger partial charge in [-0.15, -0.1) is 0 Å². The molecule has 27 heavy (non-hydrogen) atoms. The number of para-hydroxylation sites is 2. The molecule has 0 saturated heterocycles. The quantitative estimate of drug-likeness (QED) is 0.341. The maximum absolute atomic E-state index is 3.59. The summed E-state index contributed by atoms with van der Waals surface area (Å²) in [7, 11) is 0. The molecule has 0 radical (unpaired) electrons. The molecule has 6 rings (SSSR count). The molecular formula is C25H18N2. The Hall–Kier alpha value is -3.52. The summed E-state index contributed by atoms with van der Waals surface area (Å²) in [6, 6.07) is 30.5. The van der Waals surface area contributed by atoms with E-state index >= 15 is 0 Å². The number of hydrogen-bond donors (Lipinski definition) is 1. The standard InChI is InChI=1S/C25H18N2/c1-16-11-12-18-19-13-14-22-24(20-9-5-6-10-21(20)26-22)25(19)27(23(18)15-16)17-7-3-2-4-8-17/h2-15,26H,1H3. The Labute approximate surface area is 156 Å². The number of nitrogens with one attached hydrogen (secondary N) is 1. The van der Waals surface area contributed by atoms with Crippen molar-refractivity contribution in [1.82, 2.24) is 9.55 Å². The van der Waals surface area contributed by atoms with Gasteiger partial charge in [0.1, 0.15) is 0 Å². The van der Waals surface area contributed by atoms with Gasteiger partial charge >= 0.3 is 0 Å². The van der Waals surface area contributed by atoms with Crippen molar-refractivity contribution >= 4 is 43.6 Å². The Balaban J connectivity index is 1.95. The maximum Gasteiger partial charge on any atom is 0.0641 e. The second-order valence-corrected chi connectivity index (χ2v) is 7.25. The SMILES string of the molecule is Cc1ccc2c3ccc4[nH]c5ccccc5c4c3n(-c3ccccc3)c2c1. The lowest BCUT2D eigenvalue weighted by atomic mass is 10.1. The maximum atomic E-state index is 3.59. The number of aromatic nitrogens is 2. The Morgan fingerprint density at radius 3 is 2.33 bits per heavy atom. The molecule has 0 bridgehead atoms. The lowest BCUT2D eigenvalue weighted by Gasteiger charge is -2.09. The molecule has 0 spiro atoms. The monoisotopic (exact) mass is 346 g/mol. The fraction of sp³-hybridized carbons (Fsp3) is 0.0400. The highest BCUT2D eigenvalue weighted by Gasteiger charge is 2.17. The number of benzene rings is 4. The summed E-state index contributed by atoms with van der Waals surface area (Å²) >= 11 is 0. The fourth-order valence-corrected chi connectivity index (χ4v) is 4.39. The van der Waals surface area contributed by atoms with Crippen LogP contribution < -0.4 is 0 Å². The van der Waals surface area contributed by atoms with Crippen LogP contribution in [0.1, 0.15) is 5.56 Å². The number of fused-ring (bicyclic) bond motifs is 7. The molecule has 0 atom stereocenters. The van der Waals surface area contributed by atoms with Gasteiger partial charge in [0.2, 0.25) is 0 Å². The first-order chi connectivity index (χ1) is 13.3. The summed E-state index contributed by atoms with van der Waals surface area (Å²) in [5.41, 5.74) is 7.37. The molecule has 6 aromatic rings. The van der Waals surface area contributed by atoms with E-state index in [-0.39, 0.29) is 0 Å². The van der Waals surface area contributed by atoms with Crippen molar-refractivity contribution in [3.05, 3.63) is 90.5 Å². The van der Waals surface area contributed by atoms with Crippen LogP contribution in [0.15, 0.2) is 84.9 Å².